The number of carbonyl (C=O) groups excluding carboxylic acids is 3. The average molecular weight is 401 g/mol. The third kappa shape index (κ3) is 6.13. The number of Topliss-reactive ketones (excluding diaryl/α,β-unsaturated/α-hetero) is 1. The summed E-state index contributed by atoms with van der Waals surface area (Å²) < 4.78 is 17.1. The van der Waals surface area contributed by atoms with Crippen LogP contribution in [-0.4, -0.2) is 40.3 Å². The van der Waals surface area contributed by atoms with Crippen LogP contribution in [0.25, 0.3) is 0 Å². The number of benzene rings is 2. The molecule has 7 heteroatoms. The van der Waals surface area contributed by atoms with Crippen LogP contribution < -0.4 is 5.32 Å². The molecule has 0 unspecified atom stereocenters. The summed E-state index contributed by atoms with van der Waals surface area (Å²) in [6.45, 7) is 2.63. The highest BCUT2D eigenvalue weighted by molar-refractivity contribution is 7.85. The first kappa shape index (κ1) is 21.5. The Bertz CT molecular complexity index is 866. The normalized spacial score (nSPS) is 12.6. The summed E-state index contributed by atoms with van der Waals surface area (Å²) in [5.74, 6) is -1.12. The molecule has 2 aromatic carbocycles. The summed E-state index contributed by atoms with van der Waals surface area (Å²) >= 11 is 0. The van der Waals surface area contributed by atoms with E-state index >= 15 is 0 Å². The number of ether oxygens (including phenoxy) is 1. The van der Waals surface area contributed by atoms with Crippen molar-refractivity contribution in [2.75, 3.05) is 12.4 Å². The fourth-order valence-electron chi connectivity index (χ4n) is 2.58. The van der Waals surface area contributed by atoms with Gasteiger partial charge in [0.05, 0.1) is 27.3 Å². The van der Waals surface area contributed by atoms with Gasteiger partial charge in [-0.15, -0.1) is 0 Å². The molecule has 0 aromatic heterocycles. The third-order valence-corrected chi connectivity index (χ3v) is 5.43. The molecule has 0 spiro atoms. The van der Waals surface area contributed by atoms with Crippen molar-refractivity contribution in [1.82, 2.24) is 5.32 Å². The Morgan fingerprint density at radius 2 is 1.68 bits per heavy atom. The molecular formula is C21H23NO5S. The van der Waals surface area contributed by atoms with Crippen molar-refractivity contribution in [2.45, 2.75) is 31.2 Å². The van der Waals surface area contributed by atoms with E-state index in [4.69, 9.17) is 4.74 Å². The number of hydrogen-bond acceptors (Lipinski definition) is 5. The molecule has 0 radical (unpaired) electrons. The van der Waals surface area contributed by atoms with E-state index in [0.29, 0.717) is 17.1 Å². The summed E-state index contributed by atoms with van der Waals surface area (Å²) in [6.07, 6.45) is 0.355. The largest absolute Gasteiger partial charge is 0.452 e. The summed E-state index contributed by atoms with van der Waals surface area (Å²) in [5.41, 5.74) is 1.08. The summed E-state index contributed by atoms with van der Waals surface area (Å²) in [6, 6.07) is 15.0. The van der Waals surface area contributed by atoms with Crippen molar-refractivity contribution in [2.24, 2.45) is 0 Å². The van der Waals surface area contributed by atoms with E-state index in [1.165, 1.54) is 13.0 Å². The smallest absolute Gasteiger partial charge is 0.339 e. The quantitative estimate of drug-likeness (QED) is 0.651. The van der Waals surface area contributed by atoms with E-state index in [2.05, 4.69) is 5.32 Å². The minimum Gasteiger partial charge on any atom is -0.452 e. The molecule has 1 amide bonds. The van der Waals surface area contributed by atoms with Gasteiger partial charge in [-0.2, -0.15) is 0 Å². The predicted octanol–water partition coefficient (Wildman–Crippen LogP) is 2.29. The van der Waals surface area contributed by atoms with Crippen LogP contribution >= 0.6 is 0 Å². The van der Waals surface area contributed by atoms with Gasteiger partial charge >= 0.3 is 5.97 Å². The van der Waals surface area contributed by atoms with Crippen molar-refractivity contribution in [3.63, 3.8) is 0 Å². The van der Waals surface area contributed by atoms with Crippen LogP contribution in [0, 0.1) is 0 Å². The van der Waals surface area contributed by atoms with Gasteiger partial charge in [0.15, 0.2) is 12.4 Å². The molecular weight excluding hydrogens is 378 g/mol. The van der Waals surface area contributed by atoms with Crippen LogP contribution in [0.5, 0.6) is 0 Å². The molecule has 0 aliphatic rings. The summed E-state index contributed by atoms with van der Waals surface area (Å²) in [5, 5.41) is 2.59. The molecule has 0 fully saturated rings. The van der Waals surface area contributed by atoms with Gasteiger partial charge in [-0.25, -0.2) is 4.79 Å². The van der Waals surface area contributed by atoms with Crippen LogP contribution in [0.1, 0.15) is 29.8 Å². The predicted molar refractivity (Wildman–Crippen MR) is 106 cm³/mol. The average Bonchev–Trinajstić information content (AvgIpc) is 2.71. The van der Waals surface area contributed by atoms with E-state index < -0.39 is 35.3 Å². The van der Waals surface area contributed by atoms with Gasteiger partial charge in [-0.1, -0.05) is 49.4 Å². The third-order valence-electron chi connectivity index (χ3n) is 4.06. The topological polar surface area (TPSA) is 89.5 Å². The van der Waals surface area contributed by atoms with Crippen LogP contribution in [-0.2, 0) is 31.5 Å². The van der Waals surface area contributed by atoms with Gasteiger partial charge < -0.3 is 10.1 Å². The zero-order chi connectivity index (χ0) is 20.5. The van der Waals surface area contributed by atoms with Crippen LogP contribution in [0.4, 0.5) is 0 Å². The lowest BCUT2D eigenvalue weighted by atomic mass is 10.0. The van der Waals surface area contributed by atoms with E-state index in [1.54, 1.807) is 25.1 Å². The van der Waals surface area contributed by atoms with Gasteiger partial charge in [0.2, 0.25) is 0 Å². The molecule has 0 aliphatic carbocycles. The molecule has 1 N–H and O–H groups in total. The Balaban J connectivity index is 1.96. The molecule has 2 atom stereocenters. The number of hydrogen-bond donors (Lipinski definition) is 1. The highest BCUT2D eigenvalue weighted by Gasteiger charge is 2.20. The van der Waals surface area contributed by atoms with Gasteiger partial charge in [-0.3, -0.25) is 13.8 Å². The Labute approximate surface area is 166 Å². The maximum absolute atomic E-state index is 12.3. The lowest BCUT2D eigenvalue weighted by Crippen LogP contribution is -2.43. The maximum Gasteiger partial charge on any atom is 0.339 e. The molecule has 0 heterocycles. The Kier molecular flexibility index (Phi) is 8.07. The second-order valence-electron chi connectivity index (χ2n) is 6.13. The Morgan fingerprint density at radius 1 is 1.04 bits per heavy atom. The minimum atomic E-state index is -1.32. The Morgan fingerprint density at radius 3 is 2.32 bits per heavy atom. The van der Waals surface area contributed by atoms with Crippen molar-refractivity contribution in [3.05, 3.63) is 65.7 Å². The van der Waals surface area contributed by atoms with Gasteiger partial charge in [0.25, 0.3) is 5.91 Å². The Hall–Kier alpha value is -2.80. The molecule has 2 aromatic rings. The second-order valence-corrected chi connectivity index (χ2v) is 7.84. The number of nitrogens with one attached hydrogen (secondary N) is 1. The molecule has 0 bridgehead atoms. The fourth-order valence-corrected chi connectivity index (χ4v) is 3.52. The lowest BCUT2D eigenvalue weighted by molar-refractivity contribution is -0.128. The summed E-state index contributed by atoms with van der Waals surface area (Å²) in [4.78, 5) is 36.7. The number of carbonyl (C=O) groups is 3. The highest BCUT2D eigenvalue weighted by Crippen LogP contribution is 2.15. The standard InChI is InChI=1S/C21H23NO5S/c1-3-28(26)19-12-8-7-11-17(19)21(25)27-14-20(24)22-18(15(2)23)13-16-9-5-4-6-10-16/h4-12,18H,3,13-14H2,1-2H3,(H,22,24)/t18-,28+/m1/s1. The molecule has 148 valence electrons. The second kappa shape index (κ2) is 10.5. The van der Waals surface area contributed by atoms with Gasteiger partial charge in [-0.05, 0) is 31.0 Å². The van der Waals surface area contributed by atoms with E-state index in [1.807, 2.05) is 30.3 Å². The highest BCUT2D eigenvalue weighted by atomic mass is 32.2. The minimum absolute atomic E-state index is 0.169. The van der Waals surface area contributed by atoms with E-state index in [-0.39, 0.29) is 11.3 Å². The zero-order valence-electron chi connectivity index (χ0n) is 15.8. The number of ketones is 1. The lowest BCUT2D eigenvalue weighted by Gasteiger charge is -2.16. The summed E-state index contributed by atoms with van der Waals surface area (Å²) in [7, 11) is -1.32. The first-order valence-corrected chi connectivity index (χ1v) is 10.2. The molecule has 2 rings (SSSR count). The van der Waals surface area contributed by atoms with Crippen molar-refractivity contribution < 1.29 is 23.3 Å². The van der Waals surface area contributed by atoms with Gasteiger partial charge in [0, 0.05) is 5.75 Å². The van der Waals surface area contributed by atoms with Gasteiger partial charge in [0.1, 0.15) is 0 Å². The zero-order valence-corrected chi connectivity index (χ0v) is 16.7. The molecule has 0 saturated carbocycles. The van der Waals surface area contributed by atoms with Crippen LogP contribution in [0.2, 0.25) is 0 Å². The SMILES string of the molecule is CC[S@](=O)c1ccccc1C(=O)OCC(=O)N[C@H](Cc1ccccc1)C(C)=O. The first-order valence-electron chi connectivity index (χ1n) is 8.90. The number of esters is 1. The van der Waals surface area contributed by atoms with Crippen molar-refractivity contribution in [1.29, 1.82) is 0 Å². The molecule has 28 heavy (non-hydrogen) atoms. The fraction of sp³-hybridized carbons (Fsp3) is 0.286. The number of amides is 1. The van der Waals surface area contributed by atoms with E-state index in [0.717, 1.165) is 5.56 Å². The first-order chi connectivity index (χ1) is 13.4. The molecule has 0 aliphatic heterocycles. The monoisotopic (exact) mass is 401 g/mol. The van der Waals surface area contributed by atoms with Crippen molar-refractivity contribution in [3.8, 4) is 0 Å². The molecule has 0 saturated heterocycles. The van der Waals surface area contributed by atoms with E-state index in [9.17, 15) is 18.6 Å². The van der Waals surface area contributed by atoms with Crippen LogP contribution in [0.3, 0.4) is 0 Å². The van der Waals surface area contributed by atoms with Crippen LogP contribution in [0.15, 0.2) is 59.5 Å². The number of rotatable bonds is 9. The van der Waals surface area contributed by atoms with Crippen molar-refractivity contribution >= 4 is 28.5 Å². The molecule has 6 nitrogen and oxygen atoms in total. The maximum atomic E-state index is 12.3.